The monoisotopic (exact) mass is 252 g/mol. The minimum absolute atomic E-state index is 0.0558. The minimum Gasteiger partial charge on any atom is -0.504 e. The average molecular weight is 252 g/mol. The van der Waals surface area contributed by atoms with Crippen LogP contribution in [0.3, 0.4) is 0 Å². The lowest BCUT2D eigenvalue weighted by molar-refractivity contribution is -0.138. The summed E-state index contributed by atoms with van der Waals surface area (Å²) in [5, 5.41) is 9.35. The highest BCUT2D eigenvalue weighted by Crippen LogP contribution is 2.23. The van der Waals surface area contributed by atoms with Crippen molar-refractivity contribution in [2.24, 2.45) is 0 Å². The number of aliphatic hydroxyl groups excluding tert-OH is 1. The number of aliphatic hydroxyl groups is 1. The predicted octanol–water partition coefficient (Wildman–Crippen LogP) is 1.63. The molecule has 1 aliphatic carbocycles. The Morgan fingerprint density at radius 3 is 2.56 bits per heavy atom. The second-order valence-electron chi connectivity index (χ2n) is 4.03. The summed E-state index contributed by atoms with van der Waals surface area (Å²) in [5.41, 5.74) is -0.197. The molecule has 1 rings (SSSR count). The number of esters is 1. The fourth-order valence-electron chi connectivity index (χ4n) is 1.79. The van der Waals surface area contributed by atoms with Crippen LogP contribution in [0.2, 0.25) is 0 Å². The quantitative estimate of drug-likeness (QED) is 0.348. The van der Waals surface area contributed by atoms with E-state index in [2.05, 4.69) is 4.74 Å². The molecule has 0 fully saturated rings. The van der Waals surface area contributed by atoms with Crippen molar-refractivity contribution in [2.75, 3.05) is 7.11 Å². The molecule has 0 aliphatic heterocycles. The highest BCUT2D eigenvalue weighted by atomic mass is 16.5. The number of hydrogen-bond donors (Lipinski definition) is 1. The van der Waals surface area contributed by atoms with Crippen LogP contribution >= 0.6 is 0 Å². The molecule has 0 aromatic rings. The molecule has 0 heterocycles. The Kier molecular flexibility index (Phi) is 4.83. The fraction of sp³-hybridized carbons (Fsp3) is 0.462. The first-order valence-corrected chi connectivity index (χ1v) is 5.84. The number of carbonyl (C=O) groups excluding carboxylic acids is 3. The van der Waals surface area contributed by atoms with Gasteiger partial charge in [-0.15, -0.1) is 0 Å². The molecular formula is C13H16O5. The number of ketones is 2. The third-order valence-corrected chi connectivity index (χ3v) is 2.74. The van der Waals surface area contributed by atoms with E-state index in [0.29, 0.717) is 12.8 Å². The van der Waals surface area contributed by atoms with Crippen molar-refractivity contribution in [3.63, 3.8) is 0 Å². The van der Waals surface area contributed by atoms with Crippen LogP contribution in [0.4, 0.5) is 0 Å². The summed E-state index contributed by atoms with van der Waals surface area (Å²) >= 11 is 0. The first-order valence-electron chi connectivity index (χ1n) is 5.84. The summed E-state index contributed by atoms with van der Waals surface area (Å²) in [6.07, 6.45) is 3.56. The van der Waals surface area contributed by atoms with E-state index in [1.54, 1.807) is 0 Å². The third kappa shape index (κ3) is 2.85. The van der Waals surface area contributed by atoms with Crippen LogP contribution in [0.1, 0.15) is 32.6 Å². The van der Waals surface area contributed by atoms with Gasteiger partial charge in [0.2, 0.25) is 5.78 Å². The highest BCUT2D eigenvalue weighted by Gasteiger charge is 2.32. The topological polar surface area (TPSA) is 80.7 Å². The van der Waals surface area contributed by atoms with Crippen molar-refractivity contribution in [2.45, 2.75) is 32.6 Å². The molecule has 0 spiro atoms. The normalized spacial score (nSPS) is 15.8. The van der Waals surface area contributed by atoms with Gasteiger partial charge in [0.25, 0.3) is 0 Å². The Hall–Kier alpha value is -1.91. The van der Waals surface area contributed by atoms with Gasteiger partial charge < -0.3 is 9.84 Å². The van der Waals surface area contributed by atoms with Crippen LogP contribution < -0.4 is 0 Å². The second kappa shape index (κ2) is 6.14. The SMILES string of the molecule is CCCCCC1=C(C(=O)OC)C(=O)C=C(O)C1=O. The van der Waals surface area contributed by atoms with Crippen LogP contribution in [0.5, 0.6) is 0 Å². The molecule has 0 aromatic carbocycles. The van der Waals surface area contributed by atoms with E-state index >= 15 is 0 Å². The Balaban J connectivity index is 3.08. The molecule has 0 saturated carbocycles. The van der Waals surface area contributed by atoms with E-state index in [9.17, 15) is 19.5 Å². The Morgan fingerprint density at radius 1 is 1.33 bits per heavy atom. The van der Waals surface area contributed by atoms with E-state index in [4.69, 9.17) is 0 Å². The molecule has 18 heavy (non-hydrogen) atoms. The number of rotatable bonds is 5. The molecule has 0 unspecified atom stereocenters. The van der Waals surface area contributed by atoms with Gasteiger partial charge in [0, 0.05) is 11.6 Å². The number of methoxy groups -OCH3 is 1. The van der Waals surface area contributed by atoms with Crippen molar-refractivity contribution in [1.29, 1.82) is 0 Å². The van der Waals surface area contributed by atoms with E-state index < -0.39 is 23.3 Å². The van der Waals surface area contributed by atoms with Crippen molar-refractivity contribution >= 4 is 17.5 Å². The van der Waals surface area contributed by atoms with Crippen molar-refractivity contribution < 1.29 is 24.2 Å². The van der Waals surface area contributed by atoms with Gasteiger partial charge in [0.1, 0.15) is 5.57 Å². The lowest BCUT2D eigenvalue weighted by Gasteiger charge is -2.14. The van der Waals surface area contributed by atoms with Crippen molar-refractivity contribution in [3.05, 3.63) is 23.0 Å². The molecule has 98 valence electrons. The van der Waals surface area contributed by atoms with E-state index in [-0.39, 0.29) is 11.1 Å². The molecule has 0 amide bonds. The minimum atomic E-state index is -0.830. The van der Waals surface area contributed by atoms with Gasteiger partial charge in [0.15, 0.2) is 11.5 Å². The number of unbranched alkanes of at least 4 members (excludes halogenated alkanes) is 2. The molecule has 1 aliphatic rings. The van der Waals surface area contributed by atoms with Crippen LogP contribution in [0, 0.1) is 0 Å². The van der Waals surface area contributed by atoms with E-state index in [1.807, 2.05) is 6.92 Å². The molecule has 0 radical (unpaired) electrons. The molecule has 0 aromatic heterocycles. The average Bonchev–Trinajstić information content (AvgIpc) is 2.34. The number of allylic oxidation sites excluding steroid dienone is 2. The first kappa shape index (κ1) is 14.2. The van der Waals surface area contributed by atoms with Gasteiger partial charge in [-0.3, -0.25) is 9.59 Å². The third-order valence-electron chi connectivity index (χ3n) is 2.74. The molecule has 0 atom stereocenters. The Bertz CT molecular complexity index is 442. The zero-order valence-corrected chi connectivity index (χ0v) is 10.5. The summed E-state index contributed by atoms with van der Waals surface area (Å²) in [5.74, 6) is -2.78. The van der Waals surface area contributed by atoms with Crippen molar-refractivity contribution in [3.8, 4) is 0 Å². The smallest absolute Gasteiger partial charge is 0.342 e. The fourth-order valence-corrected chi connectivity index (χ4v) is 1.79. The maximum Gasteiger partial charge on any atom is 0.342 e. The van der Waals surface area contributed by atoms with Gasteiger partial charge in [-0.1, -0.05) is 19.8 Å². The summed E-state index contributed by atoms with van der Waals surface area (Å²) in [6, 6.07) is 0. The maximum absolute atomic E-state index is 11.8. The van der Waals surface area contributed by atoms with Gasteiger partial charge in [0.05, 0.1) is 7.11 Å². The van der Waals surface area contributed by atoms with Crippen LogP contribution in [-0.4, -0.2) is 29.8 Å². The van der Waals surface area contributed by atoms with Crippen molar-refractivity contribution in [1.82, 2.24) is 0 Å². The standard InChI is InChI=1S/C13H16O5/c1-3-4-5-6-8-11(13(17)18-2)9(14)7-10(15)12(8)16/h7,15H,3-6H2,1-2H3. The molecular weight excluding hydrogens is 236 g/mol. The largest absolute Gasteiger partial charge is 0.504 e. The molecule has 5 nitrogen and oxygen atoms in total. The predicted molar refractivity (Wildman–Crippen MR) is 63.9 cm³/mol. The summed E-state index contributed by atoms with van der Waals surface area (Å²) < 4.78 is 4.50. The first-order chi connectivity index (χ1) is 8.52. The number of carbonyl (C=O) groups is 3. The number of hydrogen-bond acceptors (Lipinski definition) is 5. The molecule has 0 saturated heterocycles. The lowest BCUT2D eigenvalue weighted by Crippen LogP contribution is -2.25. The summed E-state index contributed by atoms with van der Waals surface area (Å²) in [6.45, 7) is 2.00. The van der Waals surface area contributed by atoms with Gasteiger partial charge in [-0.05, 0) is 12.8 Å². The Labute approximate surface area is 105 Å². The molecule has 1 N–H and O–H groups in total. The highest BCUT2D eigenvalue weighted by molar-refractivity contribution is 6.31. The van der Waals surface area contributed by atoms with Crippen LogP contribution in [-0.2, 0) is 19.1 Å². The van der Waals surface area contributed by atoms with E-state index in [1.165, 1.54) is 0 Å². The second-order valence-corrected chi connectivity index (χ2v) is 4.03. The molecule has 0 bridgehead atoms. The van der Waals surface area contributed by atoms with Gasteiger partial charge >= 0.3 is 5.97 Å². The van der Waals surface area contributed by atoms with Gasteiger partial charge in [-0.25, -0.2) is 4.79 Å². The van der Waals surface area contributed by atoms with E-state index in [0.717, 1.165) is 26.0 Å². The zero-order chi connectivity index (χ0) is 13.7. The zero-order valence-electron chi connectivity index (χ0n) is 10.5. The lowest BCUT2D eigenvalue weighted by atomic mass is 9.90. The van der Waals surface area contributed by atoms with Crippen LogP contribution in [0.25, 0.3) is 0 Å². The van der Waals surface area contributed by atoms with Crippen LogP contribution in [0.15, 0.2) is 23.0 Å². The maximum atomic E-state index is 11.8. The van der Waals surface area contributed by atoms with Gasteiger partial charge in [-0.2, -0.15) is 0 Å². The summed E-state index contributed by atoms with van der Waals surface area (Å²) in [4.78, 5) is 34.9. The Morgan fingerprint density at radius 2 is 2.00 bits per heavy atom. The summed E-state index contributed by atoms with van der Waals surface area (Å²) in [7, 11) is 1.15. The number of ether oxygens (including phenoxy) is 1. The number of Topliss-reactive ketones (excluding diaryl/α,β-unsaturated/α-hetero) is 1. The molecule has 5 heteroatoms.